The first kappa shape index (κ1) is 38.1. The van der Waals surface area contributed by atoms with E-state index >= 15 is 0 Å². The Bertz CT molecular complexity index is 1900. The average molecular weight is 821 g/mol. The number of allylic oxidation sites excluding steroid dienone is 4. The molecule has 276 valence electrons. The van der Waals surface area contributed by atoms with Gasteiger partial charge in [0, 0.05) is 33.6 Å². The van der Waals surface area contributed by atoms with Crippen molar-refractivity contribution in [3.63, 3.8) is 0 Å². The number of carbonyl (C=O) groups excluding carboxylic acids is 2. The Labute approximate surface area is 321 Å². The molecule has 0 radical (unpaired) electrons. The van der Waals surface area contributed by atoms with Crippen LogP contribution in [-0.2, 0) is 0 Å². The van der Waals surface area contributed by atoms with Crippen molar-refractivity contribution >= 4 is 34.2 Å². The molecular weight excluding hydrogens is 770 g/mol. The van der Waals surface area contributed by atoms with Crippen molar-refractivity contribution < 1.29 is 32.9 Å². The first-order valence-corrected chi connectivity index (χ1v) is 19.3. The third kappa shape index (κ3) is 8.12. The molecule has 3 aromatic rings. The lowest BCUT2D eigenvalue weighted by Gasteiger charge is -2.09. The van der Waals surface area contributed by atoms with E-state index in [0.717, 1.165) is 33.3 Å². The van der Waals surface area contributed by atoms with Crippen molar-refractivity contribution in [3.8, 4) is 23.0 Å². The molecule has 4 aliphatic rings. The number of fused-ring (bicyclic) bond motifs is 2. The quantitative estimate of drug-likeness (QED) is 0.109. The predicted molar refractivity (Wildman–Crippen MR) is 210 cm³/mol. The van der Waals surface area contributed by atoms with Gasteiger partial charge < -0.3 is 18.9 Å². The summed E-state index contributed by atoms with van der Waals surface area (Å²) in [6.07, 6.45) is 6.68. The van der Waals surface area contributed by atoms with Crippen LogP contribution in [0.5, 0.6) is 23.0 Å². The topological polar surface area (TPSA) is 71.1 Å². The van der Waals surface area contributed by atoms with Crippen LogP contribution < -0.4 is 18.9 Å². The average Bonchev–Trinajstić information content (AvgIpc) is 3.51. The number of hydrogen-bond donors (Lipinski definition) is 0. The Morgan fingerprint density at radius 2 is 1.21 bits per heavy atom. The second kappa shape index (κ2) is 15.0. The van der Waals surface area contributed by atoms with Gasteiger partial charge in [0.15, 0.2) is 34.6 Å². The van der Waals surface area contributed by atoms with Gasteiger partial charge >= 0.3 is 0 Å². The molecule has 0 N–H and O–H groups in total. The van der Waals surface area contributed by atoms with Crippen LogP contribution in [0, 0.1) is 43.9 Å². The summed E-state index contributed by atoms with van der Waals surface area (Å²) in [5.41, 5.74) is 4.87. The second-order valence-corrected chi connectivity index (χ2v) is 17.4. The highest BCUT2D eigenvalue weighted by Crippen LogP contribution is 2.62. The van der Waals surface area contributed by atoms with Gasteiger partial charge in [0.25, 0.3) is 6.29 Å². The highest BCUT2D eigenvalue weighted by atomic mass is 127. The van der Waals surface area contributed by atoms with Crippen LogP contribution >= 0.6 is 22.6 Å². The van der Waals surface area contributed by atoms with E-state index in [2.05, 4.69) is 90.1 Å². The first-order chi connectivity index (χ1) is 24.6. The molecule has 2 fully saturated rings. The predicted octanol–water partition coefficient (Wildman–Crippen LogP) is 11.7. The molecular formula is C44H50FIO6. The maximum atomic E-state index is 14.6. The molecule has 0 aromatic heterocycles. The van der Waals surface area contributed by atoms with E-state index in [0.29, 0.717) is 59.2 Å². The summed E-state index contributed by atoms with van der Waals surface area (Å²) >= 11 is 2.20. The van der Waals surface area contributed by atoms with Crippen LogP contribution in [-0.4, -0.2) is 18.4 Å². The zero-order valence-electron chi connectivity index (χ0n) is 31.5. The molecule has 0 amide bonds. The Balaban J connectivity index is 0.000000183. The molecule has 52 heavy (non-hydrogen) atoms. The van der Waals surface area contributed by atoms with E-state index in [1.165, 1.54) is 23.3 Å². The number of carbonyl (C=O) groups is 2. The SMILES string of the molecule is CC(C)=CC1C(CCC(=O)c2cc3c(cc2F)OC(c2ccccc2)O3)C1(C)C.CC(C)=CC1C(CCC(=O)c2cc3c(cc2I)OCO3)C1(C)C. The lowest BCUT2D eigenvalue weighted by molar-refractivity contribution is 0.0486. The Hall–Kier alpha value is -3.66. The molecule has 5 atom stereocenters. The molecule has 3 aromatic carbocycles. The summed E-state index contributed by atoms with van der Waals surface area (Å²) in [6, 6.07) is 15.9. The van der Waals surface area contributed by atoms with Gasteiger partial charge in [0.2, 0.25) is 6.79 Å². The second-order valence-electron chi connectivity index (χ2n) is 16.3. The van der Waals surface area contributed by atoms with Crippen molar-refractivity contribution in [3.05, 3.63) is 104 Å². The van der Waals surface area contributed by atoms with Gasteiger partial charge in [-0.05, 0) is 116 Å². The van der Waals surface area contributed by atoms with E-state index in [1.807, 2.05) is 42.5 Å². The van der Waals surface area contributed by atoms with E-state index < -0.39 is 12.1 Å². The standard InChI is InChI=1S/C25H27FO3.C19H23IO3/c1-15(2)12-19-18(25(19,3)4)10-11-21(27)17-13-22-23(14-20(17)26)29-24(28-22)16-8-6-5-7-9-16;1-11(2)7-14-13(19(14,3)4)5-6-16(21)12-8-17-18(9-15(12)20)23-10-22-17/h5-9,12-14,18-19,24H,10-11H2,1-4H3;7-9,13-14H,5-6,10H2,1-4H3. The van der Waals surface area contributed by atoms with Gasteiger partial charge in [-0.15, -0.1) is 0 Å². The first-order valence-electron chi connectivity index (χ1n) is 18.2. The summed E-state index contributed by atoms with van der Waals surface area (Å²) in [7, 11) is 0. The summed E-state index contributed by atoms with van der Waals surface area (Å²) in [5, 5.41) is 0. The number of rotatable bonds is 11. The molecule has 5 unspecified atom stereocenters. The monoisotopic (exact) mass is 820 g/mol. The van der Waals surface area contributed by atoms with Crippen LogP contribution in [0.25, 0.3) is 0 Å². The molecule has 0 spiro atoms. The molecule has 0 saturated heterocycles. The molecule has 2 heterocycles. The lowest BCUT2D eigenvalue weighted by atomic mass is 10.0. The smallest absolute Gasteiger partial charge is 0.267 e. The maximum absolute atomic E-state index is 14.6. The minimum absolute atomic E-state index is 0.0817. The minimum Gasteiger partial charge on any atom is -0.454 e. The molecule has 2 aliphatic carbocycles. The Morgan fingerprint density at radius 3 is 1.75 bits per heavy atom. The van der Waals surface area contributed by atoms with Gasteiger partial charge in [-0.1, -0.05) is 81.3 Å². The summed E-state index contributed by atoms with van der Waals surface area (Å²) in [5.74, 6) is 3.79. The zero-order valence-corrected chi connectivity index (χ0v) is 33.6. The summed E-state index contributed by atoms with van der Waals surface area (Å²) < 4.78 is 37.8. The number of halogens is 2. The maximum Gasteiger partial charge on any atom is 0.267 e. The third-order valence-electron chi connectivity index (χ3n) is 11.3. The van der Waals surface area contributed by atoms with Gasteiger partial charge in [-0.25, -0.2) is 4.39 Å². The fourth-order valence-electron chi connectivity index (χ4n) is 7.96. The zero-order chi connectivity index (χ0) is 37.5. The highest BCUT2D eigenvalue weighted by Gasteiger charge is 2.56. The fourth-order valence-corrected chi connectivity index (χ4v) is 8.70. The number of Topliss-reactive ketones (excluding diaryl/α,β-unsaturated/α-hetero) is 2. The van der Waals surface area contributed by atoms with Gasteiger partial charge in [0.05, 0.1) is 5.56 Å². The molecule has 2 aliphatic heterocycles. The van der Waals surface area contributed by atoms with Crippen LogP contribution in [0.1, 0.15) is 114 Å². The number of ether oxygens (including phenoxy) is 4. The van der Waals surface area contributed by atoms with Crippen molar-refractivity contribution in [2.45, 2.75) is 87.4 Å². The van der Waals surface area contributed by atoms with Crippen LogP contribution in [0.2, 0.25) is 0 Å². The third-order valence-corrected chi connectivity index (χ3v) is 12.2. The van der Waals surface area contributed by atoms with Crippen LogP contribution in [0.15, 0.2) is 77.9 Å². The van der Waals surface area contributed by atoms with Gasteiger partial charge in [0.1, 0.15) is 5.82 Å². The van der Waals surface area contributed by atoms with Crippen molar-refractivity contribution in [1.29, 1.82) is 0 Å². The number of hydrogen-bond acceptors (Lipinski definition) is 6. The molecule has 2 saturated carbocycles. The van der Waals surface area contributed by atoms with Gasteiger partial charge in [-0.3, -0.25) is 9.59 Å². The molecule has 0 bridgehead atoms. The van der Waals surface area contributed by atoms with Crippen LogP contribution in [0.3, 0.4) is 0 Å². The normalized spacial score (nSPS) is 23.5. The highest BCUT2D eigenvalue weighted by molar-refractivity contribution is 14.1. The lowest BCUT2D eigenvalue weighted by Crippen LogP contribution is -2.07. The number of ketones is 2. The van der Waals surface area contributed by atoms with Crippen molar-refractivity contribution in [2.75, 3.05) is 6.79 Å². The van der Waals surface area contributed by atoms with E-state index in [-0.39, 0.29) is 29.3 Å². The largest absolute Gasteiger partial charge is 0.454 e. The molecule has 6 nitrogen and oxygen atoms in total. The Kier molecular flexibility index (Phi) is 11.0. The summed E-state index contributed by atoms with van der Waals surface area (Å²) in [4.78, 5) is 25.4. The summed E-state index contributed by atoms with van der Waals surface area (Å²) in [6.45, 7) is 17.8. The van der Waals surface area contributed by atoms with E-state index in [4.69, 9.17) is 18.9 Å². The fraction of sp³-hybridized carbons (Fsp3) is 0.455. The number of benzene rings is 3. The Morgan fingerprint density at radius 1 is 0.731 bits per heavy atom. The van der Waals surface area contributed by atoms with Crippen LogP contribution in [0.4, 0.5) is 4.39 Å². The molecule has 8 heteroatoms. The van der Waals surface area contributed by atoms with Crippen molar-refractivity contribution in [2.24, 2.45) is 34.5 Å². The molecule has 7 rings (SSSR count). The van der Waals surface area contributed by atoms with Crippen molar-refractivity contribution in [1.82, 2.24) is 0 Å². The van der Waals surface area contributed by atoms with Gasteiger partial charge in [-0.2, -0.15) is 0 Å². The van der Waals surface area contributed by atoms with E-state index in [1.54, 1.807) is 0 Å². The minimum atomic E-state index is -0.618. The van der Waals surface area contributed by atoms with E-state index in [9.17, 15) is 14.0 Å².